The van der Waals surface area contributed by atoms with Crippen LogP contribution in [0, 0.1) is 11.8 Å². The normalized spacial score (nSPS) is 35.5. The minimum Gasteiger partial charge on any atom is -0.372 e. The van der Waals surface area contributed by atoms with Gasteiger partial charge in [0.25, 0.3) is 0 Å². The van der Waals surface area contributed by atoms with Crippen LogP contribution < -0.4 is 5.73 Å². The first kappa shape index (κ1) is 9.49. The highest BCUT2D eigenvalue weighted by Gasteiger charge is 2.32. The van der Waals surface area contributed by atoms with Gasteiger partial charge in [0.15, 0.2) is 0 Å². The first-order chi connectivity index (χ1) is 5.43. The lowest BCUT2D eigenvalue weighted by molar-refractivity contribution is 0.0330. The zero-order chi connectivity index (χ0) is 9.35. The number of nitrogens with two attached hydrogens (primary N) is 1. The van der Waals surface area contributed by atoms with Gasteiger partial charge < -0.3 is 5.11 Å². The van der Waals surface area contributed by atoms with Gasteiger partial charge in [-0.15, -0.1) is 0 Å². The number of hydrogen-bond acceptors (Lipinski definition) is 2. The second-order valence-electron chi connectivity index (χ2n) is 3.90. The number of hydrogen-bond donors (Lipinski definition) is 2. The molecule has 12 heavy (non-hydrogen) atoms. The maximum Gasteiger partial charge on any atom is 0.139 e. The molecule has 0 heterocycles. The van der Waals surface area contributed by atoms with Gasteiger partial charge in [-0.25, -0.2) is 0 Å². The zero-order valence-electron chi connectivity index (χ0n) is 7.91. The Labute approximate surface area is 73.8 Å². The van der Waals surface area contributed by atoms with E-state index in [1.165, 1.54) is 0 Å². The third-order valence-electron chi connectivity index (χ3n) is 2.28. The summed E-state index contributed by atoms with van der Waals surface area (Å²) in [6, 6.07) is 0. The van der Waals surface area contributed by atoms with Crippen molar-refractivity contribution in [1.29, 1.82) is 0 Å². The third-order valence-corrected chi connectivity index (χ3v) is 2.28. The van der Waals surface area contributed by atoms with Gasteiger partial charge >= 0.3 is 0 Å². The van der Waals surface area contributed by atoms with Crippen LogP contribution in [0.2, 0.25) is 0 Å². The fourth-order valence-electron chi connectivity index (χ4n) is 1.67. The Morgan fingerprint density at radius 1 is 1.58 bits per heavy atom. The Morgan fingerprint density at radius 2 is 2.17 bits per heavy atom. The second-order valence-corrected chi connectivity index (χ2v) is 3.90. The molecule has 0 aromatic heterocycles. The monoisotopic (exact) mass is 167 g/mol. The molecule has 2 atom stereocenters. The Bertz CT molecular complexity index is 226. The Hall–Kier alpha value is -0.600. The van der Waals surface area contributed by atoms with Crippen LogP contribution in [0.3, 0.4) is 0 Å². The molecule has 1 aliphatic carbocycles. The Kier molecular flexibility index (Phi) is 2.40. The minimum absolute atomic E-state index is 0.0289. The quantitative estimate of drug-likeness (QED) is 0.580. The largest absolute Gasteiger partial charge is 0.372 e. The summed E-state index contributed by atoms with van der Waals surface area (Å²) in [7, 11) is 0. The molecule has 0 fully saturated rings. The van der Waals surface area contributed by atoms with Gasteiger partial charge in [-0.05, 0) is 18.9 Å². The molecule has 0 saturated heterocycles. The Morgan fingerprint density at radius 3 is 2.58 bits per heavy atom. The van der Waals surface area contributed by atoms with Gasteiger partial charge in [0.05, 0.1) is 0 Å². The van der Waals surface area contributed by atoms with E-state index >= 15 is 0 Å². The maximum atomic E-state index is 9.83. The van der Waals surface area contributed by atoms with Crippen molar-refractivity contribution in [2.45, 2.75) is 26.5 Å². The highest BCUT2D eigenvalue weighted by atomic mass is 16.3. The summed E-state index contributed by atoms with van der Waals surface area (Å²) in [5, 5.41) is 9.83. The van der Waals surface area contributed by atoms with Gasteiger partial charge in [-0.1, -0.05) is 31.6 Å². The Balaban J connectivity index is 2.89. The molecule has 2 nitrogen and oxygen atoms in total. The average molecular weight is 167 g/mol. The molecule has 0 amide bonds. The standard InChI is InChI=1S/C10H17NO/c1-7(2)9-5-4-8(3)6-10(9,11)12/h4-7,9,12H,11H2,1-3H3. The predicted octanol–water partition coefficient (Wildman–Crippen LogP) is 1.42. The van der Waals surface area contributed by atoms with E-state index in [-0.39, 0.29) is 5.92 Å². The van der Waals surface area contributed by atoms with E-state index in [2.05, 4.69) is 13.8 Å². The van der Waals surface area contributed by atoms with Crippen molar-refractivity contribution >= 4 is 0 Å². The molecule has 2 unspecified atom stereocenters. The lowest BCUT2D eigenvalue weighted by Crippen LogP contribution is -2.47. The van der Waals surface area contributed by atoms with Crippen LogP contribution in [-0.4, -0.2) is 10.8 Å². The highest BCUT2D eigenvalue weighted by molar-refractivity contribution is 5.28. The van der Waals surface area contributed by atoms with Crippen LogP contribution in [0.15, 0.2) is 23.8 Å². The molecule has 0 radical (unpaired) electrons. The molecule has 0 spiro atoms. The van der Waals surface area contributed by atoms with Crippen LogP contribution in [0.4, 0.5) is 0 Å². The van der Waals surface area contributed by atoms with Crippen LogP contribution in [-0.2, 0) is 0 Å². The van der Waals surface area contributed by atoms with Gasteiger partial charge in [0.2, 0.25) is 0 Å². The molecule has 3 N–H and O–H groups in total. The summed E-state index contributed by atoms with van der Waals surface area (Å²) < 4.78 is 0. The van der Waals surface area contributed by atoms with E-state index in [1.807, 2.05) is 19.1 Å². The molecule has 0 aromatic carbocycles. The topological polar surface area (TPSA) is 46.2 Å². The van der Waals surface area contributed by atoms with Crippen LogP contribution in [0.5, 0.6) is 0 Å². The van der Waals surface area contributed by atoms with Crippen molar-refractivity contribution in [1.82, 2.24) is 0 Å². The number of rotatable bonds is 1. The van der Waals surface area contributed by atoms with Crippen molar-refractivity contribution in [2.24, 2.45) is 17.6 Å². The van der Waals surface area contributed by atoms with Crippen molar-refractivity contribution < 1.29 is 5.11 Å². The minimum atomic E-state index is -1.16. The summed E-state index contributed by atoms with van der Waals surface area (Å²) in [5.41, 5.74) is 5.61. The molecule has 1 aliphatic rings. The van der Waals surface area contributed by atoms with Gasteiger partial charge in [0, 0.05) is 5.92 Å². The SMILES string of the molecule is CC1=CC(N)(O)C(C(C)C)C=C1. The van der Waals surface area contributed by atoms with Crippen molar-refractivity contribution in [2.75, 3.05) is 0 Å². The van der Waals surface area contributed by atoms with Crippen molar-refractivity contribution in [3.05, 3.63) is 23.8 Å². The summed E-state index contributed by atoms with van der Waals surface area (Å²) in [6.07, 6.45) is 5.71. The molecule has 68 valence electrons. The smallest absolute Gasteiger partial charge is 0.139 e. The maximum absolute atomic E-state index is 9.83. The summed E-state index contributed by atoms with van der Waals surface area (Å²) in [5.74, 6) is 0.391. The molecular weight excluding hydrogens is 150 g/mol. The summed E-state index contributed by atoms with van der Waals surface area (Å²) in [6.45, 7) is 6.05. The third kappa shape index (κ3) is 1.76. The molecular formula is C10H17NO. The second kappa shape index (κ2) is 3.04. The van der Waals surface area contributed by atoms with E-state index in [1.54, 1.807) is 6.08 Å². The van der Waals surface area contributed by atoms with Crippen LogP contribution >= 0.6 is 0 Å². The summed E-state index contributed by atoms with van der Waals surface area (Å²) in [4.78, 5) is 0. The lowest BCUT2D eigenvalue weighted by atomic mass is 9.81. The zero-order valence-corrected chi connectivity index (χ0v) is 7.91. The molecule has 2 heteroatoms. The molecule has 0 saturated carbocycles. The number of aliphatic hydroxyl groups is 1. The van der Waals surface area contributed by atoms with E-state index < -0.39 is 5.72 Å². The van der Waals surface area contributed by atoms with Crippen molar-refractivity contribution in [3.63, 3.8) is 0 Å². The van der Waals surface area contributed by atoms with Gasteiger partial charge in [-0.2, -0.15) is 0 Å². The highest BCUT2D eigenvalue weighted by Crippen LogP contribution is 2.28. The predicted molar refractivity (Wildman–Crippen MR) is 50.4 cm³/mol. The van der Waals surface area contributed by atoms with E-state index in [0.717, 1.165) is 5.57 Å². The first-order valence-electron chi connectivity index (χ1n) is 4.32. The van der Waals surface area contributed by atoms with Crippen LogP contribution in [0.1, 0.15) is 20.8 Å². The first-order valence-corrected chi connectivity index (χ1v) is 4.32. The number of allylic oxidation sites excluding steroid dienone is 2. The summed E-state index contributed by atoms with van der Waals surface area (Å²) >= 11 is 0. The molecule has 0 bridgehead atoms. The molecule has 0 aromatic rings. The van der Waals surface area contributed by atoms with Crippen LogP contribution in [0.25, 0.3) is 0 Å². The van der Waals surface area contributed by atoms with Gasteiger partial charge in [-0.3, -0.25) is 5.73 Å². The van der Waals surface area contributed by atoms with Gasteiger partial charge in [0.1, 0.15) is 5.72 Å². The average Bonchev–Trinajstić information content (AvgIpc) is 1.82. The van der Waals surface area contributed by atoms with E-state index in [9.17, 15) is 5.11 Å². The molecule has 0 aliphatic heterocycles. The molecule has 1 rings (SSSR count). The van der Waals surface area contributed by atoms with E-state index in [0.29, 0.717) is 5.92 Å². The van der Waals surface area contributed by atoms with E-state index in [4.69, 9.17) is 5.73 Å². The van der Waals surface area contributed by atoms with Crippen molar-refractivity contribution in [3.8, 4) is 0 Å². The fourth-order valence-corrected chi connectivity index (χ4v) is 1.67. The fraction of sp³-hybridized carbons (Fsp3) is 0.600. The lowest BCUT2D eigenvalue weighted by Gasteiger charge is -2.33.